The van der Waals surface area contributed by atoms with Gasteiger partial charge >= 0.3 is 7.82 Å². The molecule has 8 nitrogen and oxygen atoms in total. The van der Waals surface area contributed by atoms with Crippen LogP contribution in [0.4, 0.5) is 0 Å². The number of carbonyl (C=O) groups excluding carboxylic acids is 1. The smallest absolute Gasteiger partial charge is 0.391 e. The predicted molar refractivity (Wildman–Crippen MR) is 327 cm³/mol. The molecule has 0 fully saturated rings. The minimum atomic E-state index is -4.34. The fraction of sp³-hybridized carbons (Fsp3) is 0.803. The summed E-state index contributed by atoms with van der Waals surface area (Å²) >= 11 is 0. The van der Waals surface area contributed by atoms with Gasteiger partial charge in [0.25, 0.3) is 0 Å². The number of hydrogen-bond acceptors (Lipinski definition) is 5. The van der Waals surface area contributed by atoms with Crippen LogP contribution >= 0.6 is 7.82 Å². The van der Waals surface area contributed by atoms with Crippen LogP contribution in [0.5, 0.6) is 0 Å². The number of nitrogens with zero attached hydrogens (tertiary/aromatic N) is 1. The van der Waals surface area contributed by atoms with Crippen LogP contribution in [0.1, 0.15) is 290 Å². The zero-order valence-electron chi connectivity index (χ0n) is 50.0. The van der Waals surface area contributed by atoms with E-state index in [0.29, 0.717) is 23.9 Å². The highest BCUT2D eigenvalue weighted by atomic mass is 31.2. The monoisotopic (exact) mass is 1070 g/mol. The number of aliphatic hydroxyl groups excluding tert-OH is 1. The molecule has 3 N–H and O–H groups in total. The predicted octanol–water partition coefficient (Wildman–Crippen LogP) is 19.8. The van der Waals surface area contributed by atoms with Crippen molar-refractivity contribution in [2.24, 2.45) is 0 Å². The normalized spacial score (nSPS) is 14.3. The van der Waals surface area contributed by atoms with Crippen LogP contribution in [0.15, 0.2) is 72.9 Å². The molecule has 0 saturated heterocycles. The van der Waals surface area contributed by atoms with E-state index in [1.54, 1.807) is 0 Å². The number of nitrogens with one attached hydrogen (secondary N) is 1. The first kappa shape index (κ1) is 72.9. The zero-order chi connectivity index (χ0) is 54.9. The van der Waals surface area contributed by atoms with E-state index < -0.39 is 20.0 Å². The SMILES string of the molecule is CC/C=C\C/C=C\C/C=C\C/C=C\C/C=C\C/C=C\CCCCCCC(=O)NC(COP(=O)(O)OCC[N+](C)(C)C)C(O)CCCCCCCCCCCCCCCCCCCCCCCCCCCCCCCC. The number of aliphatic hydroxyl groups is 1. The third-order valence-corrected chi connectivity index (χ3v) is 15.2. The van der Waals surface area contributed by atoms with E-state index in [4.69, 9.17) is 9.05 Å². The number of phosphoric acid groups is 1. The summed E-state index contributed by atoms with van der Waals surface area (Å²) in [6.07, 6.45) is 78.4. The number of quaternary nitrogens is 1. The number of allylic oxidation sites excluding steroid dienone is 12. The first-order valence-corrected chi connectivity index (χ1v) is 33.3. The second-order valence-electron chi connectivity index (χ2n) is 22.8. The van der Waals surface area contributed by atoms with Gasteiger partial charge in [-0.05, 0) is 64.2 Å². The Bertz CT molecular complexity index is 1450. The fourth-order valence-electron chi connectivity index (χ4n) is 9.29. The fourth-order valence-corrected chi connectivity index (χ4v) is 10.0. The quantitative estimate of drug-likeness (QED) is 0.0243. The molecular weight excluding hydrogens is 948 g/mol. The Morgan fingerprint density at radius 1 is 0.467 bits per heavy atom. The van der Waals surface area contributed by atoms with Gasteiger partial charge in [-0.1, -0.05) is 292 Å². The zero-order valence-corrected chi connectivity index (χ0v) is 50.9. The molecule has 0 spiro atoms. The summed E-state index contributed by atoms with van der Waals surface area (Å²) < 4.78 is 23.8. The lowest BCUT2D eigenvalue weighted by Crippen LogP contribution is -2.46. The van der Waals surface area contributed by atoms with Gasteiger partial charge in [0, 0.05) is 6.42 Å². The van der Waals surface area contributed by atoms with Crippen LogP contribution in [0.25, 0.3) is 0 Å². The first-order chi connectivity index (χ1) is 36.5. The Hall–Kier alpha value is -2.06. The molecule has 0 aromatic carbocycles. The molecule has 75 heavy (non-hydrogen) atoms. The Kier molecular flexibility index (Phi) is 55.1. The van der Waals surface area contributed by atoms with E-state index in [2.05, 4.69) is 92.1 Å². The third kappa shape index (κ3) is 59.4. The minimum absolute atomic E-state index is 0.0661. The van der Waals surface area contributed by atoms with Gasteiger partial charge in [-0.3, -0.25) is 13.8 Å². The van der Waals surface area contributed by atoms with E-state index in [9.17, 15) is 19.4 Å². The number of likely N-dealkylation sites (N-methyl/N-ethyl adjacent to an activating group) is 1. The Balaban J connectivity index is 4.14. The summed E-state index contributed by atoms with van der Waals surface area (Å²) in [5.74, 6) is -0.168. The molecule has 9 heteroatoms. The van der Waals surface area contributed by atoms with Gasteiger partial charge in [-0.2, -0.15) is 0 Å². The first-order valence-electron chi connectivity index (χ1n) is 31.8. The summed E-state index contributed by atoms with van der Waals surface area (Å²) in [6, 6.07) is -0.781. The van der Waals surface area contributed by atoms with Crippen LogP contribution in [0.3, 0.4) is 0 Å². The van der Waals surface area contributed by atoms with Gasteiger partial charge in [0.15, 0.2) is 0 Å². The Morgan fingerprint density at radius 3 is 1.17 bits per heavy atom. The molecule has 0 bridgehead atoms. The van der Waals surface area contributed by atoms with Gasteiger partial charge in [0.1, 0.15) is 13.2 Å². The molecular formula is C66H124N2O6P+. The number of carbonyl (C=O) groups is 1. The van der Waals surface area contributed by atoms with E-state index in [1.165, 1.54) is 173 Å². The number of hydrogen-bond donors (Lipinski definition) is 3. The Morgan fingerprint density at radius 2 is 0.800 bits per heavy atom. The highest BCUT2D eigenvalue weighted by Gasteiger charge is 2.28. The molecule has 3 atom stereocenters. The van der Waals surface area contributed by atoms with E-state index in [1.807, 2.05) is 21.1 Å². The van der Waals surface area contributed by atoms with Crippen molar-refractivity contribution in [1.82, 2.24) is 5.32 Å². The molecule has 0 aromatic rings. The third-order valence-electron chi connectivity index (χ3n) is 14.2. The lowest BCUT2D eigenvalue weighted by atomic mass is 10.0. The van der Waals surface area contributed by atoms with E-state index >= 15 is 0 Å². The summed E-state index contributed by atoms with van der Waals surface area (Å²) in [5.41, 5.74) is 0. The second-order valence-corrected chi connectivity index (χ2v) is 24.2. The number of unbranched alkanes of at least 4 members (excludes halogenated alkanes) is 33. The summed E-state index contributed by atoms with van der Waals surface area (Å²) in [4.78, 5) is 23.4. The number of amides is 1. The molecule has 0 aliphatic rings. The van der Waals surface area contributed by atoms with E-state index in [0.717, 1.165) is 89.9 Å². The van der Waals surface area contributed by atoms with Crippen molar-refractivity contribution < 1.29 is 32.9 Å². The average Bonchev–Trinajstić information content (AvgIpc) is 3.37. The maximum Gasteiger partial charge on any atom is 0.472 e. The van der Waals surface area contributed by atoms with Crippen molar-refractivity contribution >= 4 is 13.7 Å². The minimum Gasteiger partial charge on any atom is -0.391 e. The van der Waals surface area contributed by atoms with Gasteiger partial charge in [-0.15, -0.1) is 0 Å². The van der Waals surface area contributed by atoms with Gasteiger partial charge < -0.3 is 19.8 Å². The molecule has 0 saturated carbocycles. The van der Waals surface area contributed by atoms with Crippen LogP contribution in [0.2, 0.25) is 0 Å². The van der Waals surface area contributed by atoms with Crippen LogP contribution in [0, 0.1) is 0 Å². The van der Waals surface area contributed by atoms with Crippen molar-refractivity contribution in [3.05, 3.63) is 72.9 Å². The molecule has 0 aromatic heterocycles. The summed E-state index contributed by atoms with van der Waals surface area (Å²) in [6.45, 7) is 4.78. The van der Waals surface area contributed by atoms with Gasteiger partial charge in [0.05, 0.1) is 39.9 Å². The molecule has 3 unspecified atom stereocenters. The summed E-state index contributed by atoms with van der Waals surface area (Å²) in [5, 5.41) is 14.1. The van der Waals surface area contributed by atoms with Gasteiger partial charge in [0.2, 0.25) is 5.91 Å². The molecule has 0 heterocycles. The van der Waals surface area contributed by atoms with Crippen LogP contribution < -0.4 is 5.32 Å². The highest BCUT2D eigenvalue weighted by Crippen LogP contribution is 2.43. The van der Waals surface area contributed by atoms with Crippen molar-refractivity contribution in [3.63, 3.8) is 0 Å². The number of phosphoric ester groups is 1. The lowest BCUT2D eigenvalue weighted by molar-refractivity contribution is -0.870. The number of rotatable bonds is 58. The molecule has 0 aliphatic carbocycles. The standard InChI is InChI=1S/C66H123N2O6P/c1-6-8-10-12-14-16-18-20-22-24-26-28-30-31-32-33-34-35-36-38-39-41-43-45-47-49-51-53-55-57-59-65(69)64(63-74-75(71,72)73-62-61-68(3,4)5)67-66(70)60-58-56-54-52-50-48-46-44-42-40-37-29-27-25-23-21-19-17-15-13-11-9-7-2/h9,11,15,17,21,23,27,29,40,42,46,48,64-65,69H,6-8,10,12-14,16,18-20,22,24-26,28,30-39,41,43-45,47,49-63H2,1-5H3,(H-,67,70,71,72)/p+1/b11-9-,17-15-,23-21-,29-27-,42-40-,48-46-. The average molecular weight is 1070 g/mol. The van der Waals surface area contributed by atoms with E-state index in [-0.39, 0.29) is 19.1 Å². The second kappa shape index (κ2) is 56.7. The maximum atomic E-state index is 13.0. The topological polar surface area (TPSA) is 105 Å². The lowest BCUT2D eigenvalue weighted by Gasteiger charge is -2.26. The highest BCUT2D eigenvalue weighted by molar-refractivity contribution is 7.47. The van der Waals surface area contributed by atoms with Crippen molar-refractivity contribution in [2.75, 3.05) is 40.9 Å². The molecule has 0 rings (SSSR count). The molecule has 1 amide bonds. The van der Waals surface area contributed by atoms with Crippen molar-refractivity contribution in [2.45, 2.75) is 302 Å². The van der Waals surface area contributed by atoms with Crippen molar-refractivity contribution in [1.29, 1.82) is 0 Å². The van der Waals surface area contributed by atoms with Crippen LogP contribution in [-0.4, -0.2) is 73.4 Å². The largest absolute Gasteiger partial charge is 0.472 e. The van der Waals surface area contributed by atoms with Crippen LogP contribution in [-0.2, 0) is 18.4 Å². The molecule has 0 aliphatic heterocycles. The van der Waals surface area contributed by atoms with Gasteiger partial charge in [-0.25, -0.2) is 4.57 Å². The summed E-state index contributed by atoms with van der Waals surface area (Å²) in [7, 11) is 1.59. The Labute approximate surface area is 465 Å². The molecule has 438 valence electrons. The molecule has 0 radical (unpaired) electrons. The van der Waals surface area contributed by atoms with Crippen molar-refractivity contribution in [3.8, 4) is 0 Å². The maximum absolute atomic E-state index is 13.0.